The smallest absolute Gasteiger partial charge is 0.174 e. The van der Waals surface area contributed by atoms with E-state index in [0.717, 1.165) is 12.0 Å². The van der Waals surface area contributed by atoms with Gasteiger partial charge < -0.3 is 9.47 Å². The number of halogens is 1. The van der Waals surface area contributed by atoms with Crippen LogP contribution in [0.15, 0.2) is 40.9 Å². The van der Waals surface area contributed by atoms with Crippen LogP contribution in [-0.4, -0.2) is 20.0 Å². The van der Waals surface area contributed by atoms with Crippen LogP contribution in [0.1, 0.15) is 27.4 Å². The Hall–Kier alpha value is -1.81. The Balaban J connectivity index is 1.99. The minimum Gasteiger partial charge on any atom is -0.495 e. The zero-order valence-electron chi connectivity index (χ0n) is 11.9. The van der Waals surface area contributed by atoms with Crippen LogP contribution >= 0.6 is 15.9 Å². The van der Waals surface area contributed by atoms with Crippen molar-refractivity contribution in [1.82, 2.24) is 0 Å². The highest BCUT2D eigenvalue weighted by Gasteiger charge is 2.34. The van der Waals surface area contributed by atoms with Gasteiger partial charge in [-0.2, -0.15) is 0 Å². The van der Waals surface area contributed by atoms with Crippen molar-refractivity contribution < 1.29 is 14.3 Å². The molecule has 0 spiro atoms. The normalized spacial score (nSPS) is 15.9. The molecule has 0 fully saturated rings. The molecule has 3 nitrogen and oxygen atoms in total. The molecule has 0 heterocycles. The first kappa shape index (κ1) is 14.1. The zero-order valence-corrected chi connectivity index (χ0v) is 13.4. The number of carbonyl (C=O) groups is 1. The first-order valence-corrected chi connectivity index (χ1v) is 7.49. The summed E-state index contributed by atoms with van der Waals surface area (Å²) >= 11 is 3.44. The van der Waals surface area contributed by atoms with Crippen molar-refractivity contribution in [3.63, 3.8) is 0 Å². The van der Waals surface area contributed by atoms with Crippen molar-refractivity contribution in [1.29, 1.82) is 0 Å². The lowest BCUT2D eigenvalue weighted by molar-refractivity contribution is 0.0946. The quantitative estimate of drug-likeness (QED) is 0.785. The topological polar surface area (TPSA) is 35.5 Å². The molecule has 4 heteroatoms. The van der Waals surface area contributed by atoms with E-state index < -0.39 is 0 Å². The summed E-state index contributed by atoms with van der Waals surface area (Å²) in [5.41, 5.74) is 2.96. The summed E-state index contributed by atoms with van der Waals surface area (Å²) in [4.78, 5) is 12.8. The Morgan fingerprint density at radius 1 is 1.14 bits per heavy atom. The zero-order chi connectivity index (χ0) is 15.0. The molecule has 3 rings (SSSR count). The fourth-order valence-corrected chi connectivity index (χ4v) is 3.44. The van der Waals surface area contributed by atoms with Gasteiger partial charge in [0.25, 0.3) is 0 Å². The van der Waals surface area contributed by atoms with E-state index in [1.165, 1.54) is 5.56 Å². The third-order valence-corrected chi connectivity index (χ3v) is 4.67. The summed E-state index contributed by atoms with van der Waals surface area (Å²) in [5.74, 6) is 1.20. The lowest BCUT2D eigenvalue weighted by Gasteiger charge is -2.29. The van der Waals surface area contributed by atoms with Crippen LogP contribution in [0.4, 0.5) is 0 Å². The number of carbonyl (C=O) groups excluding carboxylic acids is 1. The molecule has 1 unspecified atom stereocenters. The Labute approximate surface area is 132 Å². The summed E-state index contributed by atoms with van der Waals surface area (Å²) in [6.45, 7) is 0. The van der Waals surface area contributed by atoms with E-state index in [1.54, 1.807) is 26.4 Å². The number of rotatable bonds is 4. The van der Waals surface area contributed by atoms with Crippen LogP contribution in [0.25, 0.3) is 0 Å². The number of ketones is 1. The standard InChI is InChI=1S/C17H15BrO3/c1-20-14-8-7-12(17(21-2)15(14)18)16(19)13-9-10-5-3-4-6-11(10)13/h3-8,13H,9H2,1-2H3. The molecule has 1 aliphatic carbocycles. The predicted octanol–water partition coefficient (Wildman–Crippen LogP) is 3.99. The molecule has 0 saturated carbocycles. The van der Waals surface area contributed by atoms with E-state index in [4.69, 9.17) is 9.47 Å². The summed E-state index contributed by atoms with van der Waals surface area (Å²) in [6.07, 6.45) is 0.793. The molecular formula is C17H15BrO3. The fraction of sp³-hybridized carbons (Fsp3) is 0.235. The number of benzene rings is 2. The lowest BCUT2D eigenvalue weighted by atomic mass is 9.73. The predicted molar refractivity (Wildman–Crippen MR) is 84.5 cm³/mol. The fourth-order valence-electron chi connectivity index (χ4n) is 2.77. The number of ether oxygens (including phenoxy) is 2. The summed E-state index contributed by atoms with van der Waals surface area (Å²) in [6, 6.07) is 11.6. The number of hydrogen-bond donors (Lipinski definition) is 0. The maximum absolute atomic E-state index is 12.8. The molecule has 2 aromatic carbocycles. The van der Waals surface area contributed by atoms with Gasteiger partial charge >= 0.3 is 0 Å². The van der Waals surface area contributed by atoms with Gasteiger partial charge in [0.15, 0.2) is 5.78 Å². The maximum atomic E-state index is 12.8. The Bertz CT molecular complexity index is 709. The van der Waals surface area contributed by atoms with E-state index >= 15 is 0 Å². The maximum Gasteiger partial charge on any atom is 0.174 e. The van der Waals surface area contributed by atoms with Crippen LogP contribution < -0.4 is 9.47 Å². The van der Waals surface area contributed by atoms with Crippen LogP contribution in [0, 0.1) is 0 Å². The Kier molecular flexibility index (Phi) is 3.72. The van der Waals surface area contributed by atoms with Gasteiger partial charge in [-0.05, 0) is 45.6 Å². The minimum atomic E-state index is -0.0737. The van der Waals surface area contributed by atoms with Gasteiger partial charge in [0.2, 0.25) is 0 Å². The molecule has 1 aliphatic rings. The van der Waals surface area contributed by atoms with Gasteiger partial charge in [-0.1, -0.05) is 24.3 Å². The monoisotopic (exact) mass is 346 g/mol. The number of fused-ring (bicyclic) bond motifs is 1. The average molecular weight is 347 g/mol. The third-order valence-electron chi connectivity index (χ3n) is 3.92. The first-order chi connectivity index (χ1) is 10.2. The molecule has 0 aliphatic heterocycles. The van der Waals surface area contributed by atoms with Gasteiger partial charge in [-0.3, -0.25) is 4.79 Å². The van der Waals surface area contributed by atoms with Crippen molar-refractivity contribution in [2.75, 3.05) is 14.2 Å². The van der Waals surface area contributed by atoms with Crippen LogP contribution in [-0.2, 0) is 6.42 Å². The molecule has 0 amide bonds. The molecule has 0 aromatic heterocycles. The molecule has 108 valence electrons. The van der Waals surface area contributed by atoms with E-state index in [-0.39, 0.29) is 11.7 Å². The van der Waals surface area contributed by atoms with Gasteiger partial charge in [0, 0.05) is 0 Å². The number of methoxy groups -OCH3 is 2. The largest absolute Gasteiger partial charge is 0.495 e. The second-order valence-electron chi connectivity index (χ2n) is 4.98. The molecule has 2 aromatic rings. The van der Waals surface area contributed by atoms with Crippen molar-refractivity contribution in [2.45, 2.75) is 12.3 Å². The molecular weight excluding hydrogens is 332 g/mol. The second-order valence-corrected chi connectivity index (χ2v) is 5.78. The van der Waals surface area contributed by atoms with Crippen molar-refractivity contribution in [3.8, 4) is 11.5 Å². The highest BCUT2D eigenvalue weighted by Crippen LogP contribution is 2.42. The van der Waals surface area contributed by atoms with E-state index in [1.807, 2.05) is 18.2 Å². The Morgan fingerprint density at radius 2 is 1.90 bits per heavy atom. The molecule has 0 saturated heterocycles. The van der Waals surface area contributed by atoms with Crippen molar-refractivity contribution in [2.24, 2.45) is 0 Å². The van der Waals surface area contributed by atoms with Gasteiger partial charge in [-0.25, -0.2) is 0 Å². The highest BCUT2D eigenvalue weighted by molar-refractivity contribution is 9.10. The van der Waals surface area contributed by atoms with E-state index in [0.29, 0.717) is 21.5 Å². The number of hydrogen-bond acceptors (Lipinski definition) is 3. The van der Waals surface area contributed by atoms with Crippen molar-refractivity contribution >= 4 is 21.7 Å². The van der Waals surface area contributed by atoms with Gasteiger partial charge in [0.1, 0.15) is 16.0 Å². The molecule has 21 heavy (non-hydrogen) atoms. The molecule has 0 radical (unpaired) electrons. The minimum absolute atomic E-state index is 0.0737. The average Bonchev–Trinajstić information content (AvgIpc) is 2.48. The van der Waals surface area contributed by atoms with Gasteiger partial charge in [-0.15, -0.1) is 0 Å². The summed E-state index contributed by atoms with van der Waals surface area (Å²) < 4.78 is 11.3. The Morgan fingerprint density at radius 3 is 2.57 bits per heavy atom. The van der Waals surface area contributed by atoms with Crippen LogP contribution in [0.2, 0.25) is 0 Å². The first-order valence-electron chi connectivity index (χ1n) is 6.70. The van der Waals surface area contributed by atoms with Gasteiger partial charge in [0.05, 0.1) is 25.7 Å². The molecule has 0 bridgehead atoms. The molecule has 0 N–H and O–H groups in total. The second kappa shape index (κ2) is 5.53. The summed E-state index contributed by atoms with van der Waals surface area (Å²) in [5, 5.41) is 0. The van der Waals surface area contributed by atoms with Crippen LogP contribution in [0.5, 0.6) is 11.5 Å². The van der Waals surface area contributed by atoms with Crippen molar-refractivity contribution in [3.05, 3.63) is 57.6 Å². The number of Topliss-reactive ketones (excluding diaryl/α,β-unsaturated/α-hetero) is 1. The van der Waals surface area contributed by atoms with Crippen LogP contribution in [0.3, 0.4) is 0 Å². The SMILES string of the molecule is COc1ccc(C(=O)C2Cc3ccccc32)c(OC)c1Br. The lowest BCUT2D eigenvalue weighted by Crippen LogP contribution is -2.25. The highest BCUT2D eigenvalue weighted by atomic mass is 79.9. The van der Waals surface area contributed by atoms with E-state index in [2.05, 4.69) is 22.0 Å². The summed E-state index contributed by atoms with van der Waals surface area (Å²) in [7, 11) is 3.15. The van der Waals surface area contributed by atoms with E-state index in [9.17, 15) is 4.79 Å². The third kappa shape index (κ3) is 2.23. The molecule has 1 atom stereocenters.